The fourth-order valence-electron chi connectivity index (χ4n) is 0.616. The minimum absolute atomic E-state index is 0.415. The highest BCUT2D eigenvalue weighted by Crippen LogP contribution is 2.05. The minimum Gasteiger partial charge on any atom is -0.382 e. The van der Waals surface area contributed by atoms with Gasteiger partial charge >= 0.3 is 0 Å². The molecule has 0 saturated carbocycles. The average molecular weight is 229 g/mol. The van der Waals surface area contributed by atoms with Crippen molar-refractivity contribution in [1.29, 1.82) is 0 Å². The molecule has 0 radical (unpaired) electrons. The summed E-state index contributed by atoms with van der Waals surface area (Å²) < 4.78 is 0.862. The number of halogens is 1. The molecule has 0 atom stereocenters. The number of nitrogen functional groups attached to an aromatic ring is 1. The Hall–Kier alpha value is -1.10. The first-order chi connectivity index (χ1) is 5.68. The van der Waals surface area contributed by atoms with Crippen LogP contribution in [0.2, 0.25) is 0 Å². The van der Waals surface area contributed by atoms with Gasteiger partial charge in [0.25, 0.3) is 0 Å². The minimum atomic E-state index is 0.415. The zero-order valence-corrected chi connectivity index (χ0v) is 8.00. The Labute approximate surface area is 79.0 Å². The van der Waals surface area contributed by atoms with Crippen LogP contribution in [0.3, 0.4) is 0 Å². The van der Waals surface area contributed by atoms with Gasteiger partial charge in [-0.2, -0.15) is 0 Å². The molecular weight excluding hydrogens is 220 g/mol. The molecule has 1 heterocycles. The van der Waals surface area contributed by atoms with Gasteiger partial charge in [-0.1, -0.05) is 22.5 Å². The number of nitrogens with zero attached hydrogens (tertiary/aromatic N) is 2. The van der Waals surface area contributed by atoms with E-state index in [1.165, 1.54) is 6.20 Å². The van der Waals surface area contributed by atoms with E-state index >= 15 is 0 Å². The van der Waals surface area contributed by atoms with Gasteiger partial charge in [-0.05, 0) is 0 Å². The van der Waals surface area contributed by atoms with Gasteiger partial charge in [0.2, 0.25) is 0 Å². The van der Waals surface area contributed by atoms with E-state index in [1.54, 1.807) is 6.20 Å². The van der Waals surface area contributed by atoms with Crippen molar-refractivity contribution in [2.45, 2.75) is 0 Å². The fraction of sp³-hybridized carbons (Fsp3) is 0.143. The SMILES string of the molecule is C=C(Br)CNc1cnc(N)cn1. The number of nitrogens with two attached hydrogens (primary N) is 1. The molecule has 0 fully saturated rings. The first-order valence-corrected chi connectivity index (χ1v) is 4.12. The molecule has 0 aromatic carbocycles. The molecule has 0 aliphatic carbocycles. The van der Waals surface area contributed by atoms with Crippen molar-refractivity contribution in [3.63, 3.8) is 0 Å². The van der Waals surface area contributed by atoms with Gasteiger partial charge in [0.05, 0.1) is 12.4 Å². The Morgan fingerprint density at radius 2 is 2.33 bits per heavy atom. The number of anilines is 2. The molecule has 5 heteroatoms. The predicted octanol–water partition coefficient (Wildman–Crippen LogP) is 1.38. The first-order valence-electron chi connectivity index (χ1n) is 3.33. The highest BCUT2D eigenvalue weighted by atomic mass is 79.9. The number of hydrogen-bond donors (Lipinski definition) is 2. The zero-order chi connectivity index (χ0) is 8.97. The summed E-state index contributed by atoms with van der Waals surface area (Å²) in [6.45, 7) is 4.29. The lowest BCUT2D eigenvalue weighted by atomic mass is 10.5. The van der Waals surface area contributed by atoms with Crippen LogP contribution in [0, 0.1) is 0 Å². The Morgan fingerprint density at radius 1 is 1.58 bits per heavy atom. The van der Waals surface area contributed by atoms with Crippen molar-refractivity contribution in [3.8, 4) is 0 Å². The molecule has 64 valence electrons. The Balaban J connectivity index is 2.53. The van der Waals surface area contributed by atoms with E-state index in [2.05, 4.69) is 37.8 Å². The highest BCUT2D eigenvalue weighted by molar-refractivity contribution is 9.11. The van der Waals surface area contributed by atoms with Crippen LogP contribution in [0.1, 0.15) is 0 Å². The summed E-state index contributed by atoms with van der Waals surface area (Å²) in [5.74, 6) is 1.10. The first kappa shape index (κ1) is 8.99. The van der Waals surface area contributed by atoms with Crippen LogP contribution in [0.5, 0.6) is 0 Å². The largest absolute Gasteiger partial charge is 0.382 e. The quantitative estimate of drug-likeness (QED) is 0.821. The van der Waals surface area contributed by atoms with E-state index in [9.17, 15) is 0 Å². The van der Waals surface area contributed by atoms with E-state index in [1.807, 2.05) is 0 Å². The molecule has 1 rings (SSSR count). The summed E-state index contributed by atoms with van der Waals surface area (Å²) in [5, 5.41) is 3.00. The van der Waals surface area contributed by atoms with Gasteiger partial charge < -0.3 is 11.1 Å². The molecule has 4 nitrogen and oxygen atoms in total. The topological polar surface area (TPSA) is 63.8 Å². The molecule has 0 spiro atoms. The van der Waals surface area contributed by atoms with Gasteiger partial charge in [-0.15, -0.1) is 0 Å². The van der Waals surface area contributed by atoms with Crippen molar-refractivity contribution in [1.82, 2.24) is 9.97 Å². The lowest BCUT2D eigenvalue weighted by Gasteiger charge is -2.02. The van der Waals surface area contributed by atoms with Crippen LogP contribution < -0.4 is 11.1 Å². The Morgan fingerprint density at radius 3 is 2.83 bits per heavy atom. The standard InChI is InChI=1S/C7H9BrN4/c1-5(8)2-11-7-4-10-6(9)3-12-7/h3-4H,1-2H2,(H2,9,10)(H,11,12). The number of rotatable bonds is 3. The molecule has 0 bridgehead atoms. The summed E-state index contributed by atoms with van der Waals surface area (Å²) in [4.78, 5) is 7.85. The summed E-state index contributed by atoms with van der Waals surface area (Å²) >= 11 is 3.22. The number of aromatic nitrogens is 2. The maximum Gasteiger partial charge on any atom is 0.144 e. The monoisotopic (exact) mass is 228 g/mol. The fourth-order valence-corrected chi connectivity index (χ4v) is 0.756. The maximum absolute atomic E-state index is 5.35. The second-order valence-electron chi connectivity index (χ2n) is 2.20. The molecule has 0 aliphatic heterocycles. The van der Waals surface area contributed by atoms with Crippen LogP contribution in [-0.2, 0) is 0 Å². The van der Waals surface area contributed by atoms with Gasteiger partial charge in [0.15, 0.2) is 0 Å². The predicted molar refractivity (Wildman–Crippen MR) is 53.0 cm³/mol. The van der Waals surface area contributed by atoms with Crippen molar-refractivity contribution < 1.29 is 0 Å². The second kappa shape index (κ2) is 4.06. The van der Waals surface area contributed by atoms with Crippen LogP contribution in [0.15, 0.2) is 23.5 Å². The van der Waals surface area contributed by atoms with E-state index in [-0.39, 0.29) is 0 Å². The summed E-state index contributed by atoms with van der Waals surface area (Å²) in [6, 6.07) is 0. The highest BCUT2D eigenvalue weighted by Gasteiger charge is 1.93. The molecule has 12 heavy (non-hydrogen) atoms. The Bertz CT molecular complexity index is 269. The van der Waals surface area contributed by atoms with Crippen molar-refractivity contribution in [2.24, 2.45) is 0 Å². The lowest BCUT2D eigenvalue weighted by Crippen LogP contribution is -2.03. The second-order valence-corrected chi connectivity index (χ2v) is 3.32. The molecule has 0 aliphatic rings. The van der Waals surface area contributed by atoms with Crippen molar-refractivity contribution in [3.05, 3.63) is 23.5 Å². The molecule has 1 aromatic rings. The van der Waals surface area contributed by atoms with E-state index in [4.69, 9.17) is 5.73 Å². The average Bonchev–Trinajstić information content (AvgIpc) is 2.03. The summed E-state index contributed by atoms with van der Waals surface area (Å²) in [5.41, 5.74) is 5.35. The maximum atomic E-state index is 5.35. The summed E-state index contributed by atoms with van der Waals surface area (Å²) in [7, 11) is 0. The van der Waals surface area contributed by atoms with Crippen LogP contribution in [0.25, 0.3) is 0 Å². The van der Waals surface area contributed by atoms with Gasteiger partial charge in [0, 0.05) is 11.0 Å². The van der Waals surface area contributed by atoms with E-state index in [0.717, 1.165) is 4.48 Å². The van der Waals surface area contributed by atoms with Gasteiger partial charge in [-0.3, -0.25) is 0 Å². The van der Waals surface area contributed by atoms with Crippen molar-refractivity contribution >= 4 is 27.6 Å². The number of nitrogens with one attached hydrogen (secondary N) is 1. The molecule has 0 unspecified atom stereocenters. The van der Waals surface area contributed by atoms with Crippen LogP contribution >= 0.6 is 15.9 Å². The Kier molecular flexibility index (Phi) is 3.04. The molecule has 1 aromatic heterocycles. The smallest absolute Gasteiger partial charge is 0.144 e. The normalized spacial score (nSPS) is 9.42. The zero-order valence-electron chi connectivity index (χ0n) is 6.42. The van der Waals surface area contributed by atoms with E-state index < -0.39 is 0 Å². The molecule has 3 N–H and O–H groups in total. The third-order valence-electron chi connectivity index (χ3n) is 1.13. The van der Waals surface area contributed by atoms with Gasteiger partial charge in [-0.25, -0.2) is 9.97 Å². The lowest BCUT2D eigenvalue weighted by molar-refractivity contribution is 1.16. The third kappa shape index (κ3) is 2.87. The van der Waals surface area contributed by atoms with Gasteiger partial charge in [0.1, 0.15) is 11.6 Å². The number of hydrogen-bond acceptors (Lipinski definition) is 4. The van der Waals surface area contributed by atoms with Crippen LogP contribution in [-0.4, -0.2) is 16.5 Å². The molecule has 0 saturated heterocycles. The third-order valence-corrected chi connectivity index (χ3v) is 1.41. The van der Waals surface area contributed by atoms with Crippen LogP contribution in [0.4, 0.5) is 11.6 Å². The van der Waals surface area contributed by atoms with E-state index in [0.29, 0.717) is 18.2 Å². The van der Waals surface area contributed by atoms with Crippen molar-refractivity contribution in [2.75, 3.05) is 17.6 Å². The summed E-state index contributed by atoms with van der Waals surface area (Å²) in [6.07, 6.45) is 3.07. The molecular formula is C7H9BrN4. The molecule has 0 amide bonds.